The molecule has 4 rings (SSSR count). The Kier molecular flexibility index (Phi) is 7.50. The molecule has 0 radical (unpaired) electrons. The van der Waals surface area contributed by atoms with Crippen LogP contribution >= 0.6 is 7.82 Å². The smallest absolute Gasteiger partial charge is 0.471 e. The zero-order valence-electron chi connectivity index (χ0n) is 20.2. The molecule has 1 aliphatic carbocycles. The van der Waals surface area contributed by atoms with E-state index in [0.29, 0.717) is 22.8 Å². The highest BCUT2D eigenvalue weighted by molar-refractivity contribution is 7.46. The molecule has 1 fully saturated rings. The number of nitrogens with one attached hydrogen (secondary N) is 2. The number of anilines is 1. The van der Waals surface area contributed by atoms with E-state index in [0.717, 1.165) is 12.8 Å². The first-order chi connectivity index (χ1) is 17.6. The van der Waals surface area contributed by atoms with Gasteiger partial charge in [0.05, 0.1) is 30.6 Å². The third kappa shape index (κ3) is 6.27. The number of pyridine rings is 1. The maximum atomic E-state index is 12.7. The zero-order chi connectivity index (χ0) is 26.7. The van der Waals surface area contributed by atoms with Crippen molar-refractivity contribution in [3.63, 3.8) is 0 Å². The summed E-state index contributed by atoms with van der Waals surface area (Å²) in [6, 6.07) is 6.51. The summed E-state index contributed by atoms with van der Waals surface area (Å²) in [4.78, 5) is 49.5. The van der Waals surface area contributed by atoms with Crippen LogP contribution < -0.4 is 20.7 Å². The Morgan fingerprint density at radius 3 is 2.65 bits per heavy atom. The van der Waals surface area contributed by atoms with Crippen molar-refractivity contribution in [1.29, 1.82) is 0 Å². The van der Waals surface area contributed by atoms with Gasteiger partial charge in [0.1, 0.15) is 18.2 Å². The zero-order valence-corrected chi connectivity index (χ0v) is 21.0. The van der Waals surface area contributed by atoms with Crippen molar-refractivity contribution in [3.05, 3.63) is 41.4 Å². The van der Waals surface area contributed by atoms with E-state index >= 15 is 0 Å². The van der Waals surface area contributed by atoms with Crippen LogP contribution in [0.2, 0.25) is 0 Å². The Morgan fingerprint density at radius 2 is 2.05 bits per heavy atom. The predicted octanol–water partition coefficient (Wildman–Crippen LogP) is 0.694. The van der Waals surface area contributed by atoms with Crippen LogP contribution in [0.4, 0.5) is 11.5 Å². The molecule has 0 bridgehead atoms. The second-order valence-corrected chi connectivity index (χ2v) is 9.33. The topological polar surface area (TPSA) is 195 Å². The van der Waals surface area contributed by atoms with Crippen molar-refractivity contribution >= 4 is 31.1 Å². The summed E-state index contributed by atoms with van der Waals surface area (Å²) in [7, 11) is -0.341. The number of methoxy groups -OCH3 is 1. The van der Waals surface area contributed by atoms with Crippen LogP contribution in [0.5, 0.6) is 5.75 Å². The number of ether oxygens (including phenoxy) is 1. The number of amides is 2. The van der Waals surface area contributed by atoms with Gasteiger partial charge in [0.15, 0.2) is 5.75 Å². The van der Waals surface area contributed by atoms with Gasteiger partial charge < -0.3 is 29.7 Å². The number of phosphoric acid groups is 1. The van der Waals surface area contributed by atoms with Gasteiger partial charge >= 0.3 is 7.82 Å². The summed E-state index contributed by atoms with van der Waals surface area (Å²) in [5, 5.41) is 17.4. The number of hydrogen-bond donors (Lipinski definition) is 4. The Labute approximate surface area is 210 Å². The quantitative estimate of drug-likeness (QED) is 0.285. The number of benzene rings is 1. The summed E-state index contributed by atoms with van der Waals surface area (Å²) < 4.78 is 22.7. The van der Waals surface area contributed by atoms with Gasteiger partial charge in [-0.15, -0.1) is 10.2 Å². The molecular formula is C21H25N8O7P. The number of nitrogens with zero attached hydrogens (tertiary/aromatic N) is 6. The van der Waals surface area contributed by atoms with Crippen molar-refractivity contribution < 1.29 is 33.2 Å². The normalized spacial score (nSPS) is 13.9. The first-order valence-electron chi connectivity index (χ1n) is 11.0. The second kappa shape index (κ2) is 10.6. The third-order valence-corrected chi connectivity index (χ3v) is 5.82. The Morgan fingerprint density at radius 1 is 1.30 bits per heavy atom. The van der Waals surface area contributed by atoms with Gasteiger partial charge in [-0.25, -0.2) is 9.56 Å². The fourth-order valence-electron chi connectivity index (χ4n) is 3.43. The Hall–Kier alpha value is -3.91. The van der Waals surface area contributed by atoms with E-state index in [9.17, 15) is 14.2 Å². The molecule has 0 spiro atoms. The molecule has 1 saturated carbocycles. The molecule has 0 aliphatic heterocycles. The number of tetrazole rings is 1. The molecule has 37 heavy (non-hydrogen) atoms. The van der Waals surface area contributed by atoms with E-state index in [1.54, 1.807) is 25.2 Å². The fraction of sp³-hybridized carbons (Fsp3) is 0.333. The molecule has 2 amide bonds. The highest BCUT2D eigenvalue weighted by atomic mass is 31.2. The molecule has 15 nitrogen and oxygen atoms in total. The first-order valence-corrected chi connectivity index (χ1v) is 12.6. The molecular weight excluding hydrogens is 507 g/mol. The van der Waals surface area contributed by atoms with Gasteiger partial charge in [0.2, 0.25) is 11.7 Å². The van der Waals surface area contributed by atoms with E-state index in [2.05, 4.69) is 35.6 Å². The van der Waals surface area contributed by atoms with Gasteiger partial charge in [-0.05, 0) is 30.2 Å². The van der Waals surface area contributed by atoms with Crippen LogP contribution in [0, 0.1) is 5.92 Å². The first kappa shape index (κ1) is 26.2. The average Bonchev–Trinajstić information content (AvgIpc) is 3.63. The summed E-state index contributed by atoms with van der Waals surface area (Å²) in [6.07, 6.45) is 2.76. The van der Waals surface area contributed by atoms with E-state index < -0.39 is 20.5 Å². The van der Waals surface area contributed by atoms with Crippen molar-refractivity contribution in [2.45, 2.75) is 19.6 Å². The number of phosphoric ester groups is 1. The summed E-state index contributed by atoms with van der Waals surface area (Å²) in [5.74, 6) is -0.204. The second-order valence-electron chi connectivity index (χ2n) is 8.09. The van der Waals surface area contributed by atoms with Crippen LogP contribution in [0.3, 0.4) is 0 Å². The largest absolute Gasteiger partial charge is 0.494 e. The van der Waals surface area contributed by atoms with Crippen LogP contribution in [0.25, 0.3) is 11.4 Å². The van der Waals surface area contributed by atoms with E-state index in [1.807, 2.05) is 0 Å². The van der Waals surface area contributed by atoms with E-state index in [-0.39, 0.29) is 28.6 Å². The Balaban J connectivity index is 1.88. The maximum Gasteiger partial charge on any atom is 0.471 e. The van der Waals surface area contributed by atoms with Crippen molar-refractivity contribution in [2.75, 3.05) is 19.5 Å². The summed E-state index contributed by atoms with van der Waals surface area (Å²) in [5.41, 5.74) is 0.897. The SMILES string of the molecule is CNC(=O)c1cn(COP(=O)(O)O)c(NC(=O)C2CC2)cc1=Nc1cccc(-c2nnn(C)n2)c1OC. The molecule has 0 saturated heterocycles. The number of aromatic nitrogens is 5. The molecule has 0 unspecified atom stereocenters. The lowest BCUT2D eigenvalue weighted by molar-refractivity contribution is -0.117. The Bertz CT molecular complexity index is 1460. The van der Waals surface area contributed by atoms with Gasteiger partial charge in [0, 0.05) is 25.2 Å². The number of rotatable bonds is 9. The molecule has 16 heteroatoms. The maximum absolute atomic E-state index is 12.7. The predicted molar refractivity (Wildman–Crippen MR) is 128 cm³/mol. The highest BCUT2D eigenvalue weighted by Crippen LogP contribution is 2.37. The number of carbonyl (C=O) groups is 2. The monoisotopic (exact) mass is 532 g/mol. The van der Waals surface area contributed by atoms with Crippen LogP contribution in [-0.2, 0) is 27.7 Å². The minimum Gasteiger partial charge on any atom is -0.494 e. The number of hydrogen-bond acceptors (Lipinski definition) is 9. The summed E-state index contributed by atoms with van der Waals surface area (Å²) in [6.45, 7) is -0.633. The van der Waals surface area contributed by atoms with Crippen LogP contribution in [-0.4, -0.2) is 60.5 Å². The molecule has 2 aromatic heterocycles. The van der Waals surface area contributed by atoms with E-state index in [4.69, 9.17) is 14.5 Å². The van der Waals surface area contributed by atoms with Crippen LogP contribution in [0.15, 0.2) is 35.5 Å². The molecule has 2 heterocycles. The summed E-state index contributed by atoms with van der Waals surface area (Å²) >= 11 is 0. The lowest BCUT2D eigenvalue weighted by atomic mass is 10.1. The molecule has 4 N–H and O–H groups in total. The minimum absolute atomic E-state index is 0.0475. The van der Waals surface area contributed by atoms with Gasteiger partial charge in [0.25, 0.3) is 5.91 Å². The lowest BCUT2D eigenvalue weighted by Crippen LogP contribution is -2.29. The van der Waals surface area contributed by atoms with Gasteiger partial charge in [-0.1, -0.05) is 6.07 Å². The minimum atomic E-state index is -4.84. The fourth-order valence-corrected chi connectivity index (χ4v) is 3.71. The van der Waals surface area contributed by atoms with Crippen molar-refractivity contribution in [1.82, 2.24) is 30.1 Å². The van der Waals surface area contributed by atoms with Crippen molar-refractivity contribution in [2.24, 2.45) is 18.0 Å². The molecule has 1 aliphatic rings. The average molecular weight is 532 g/mol. The number of carbonyl (C=O) groups excluding carboxylic acids is 2. The van der Waals surface area contributed by atoms with E-state index in [1.165, 1.54) is 35.8 Å². The molecule has 0 atom stereocenters. The lowest BCUT2D eigenvalue weighted by Gasteiger charge is -2.17. The van der Waals surface area contributed by atoms with Crippen molar-refractivity contribution in [3.8, 4) is 17.1 Å². The van der Waals surface area contributed by atoms with Gasteiger partial charge in [-0.2, -0.15) is 4.80 Å². The third-order valence-electron chi connectivity index (χ3n) is 5.37. The molecule has 196 valence electrons. The molecule has 1 aromatic carbocycles. The number of aryl methyl sites for hydroxylation is 1. The standard InChI is InChI=1S/C21H25N8O7P/c1-22-21(31)14-10-29(11-36-37(32,33)34)17(24-20(30)12-7-8-12)9-16(14)23-15-6-4-5-13(18(15)35-3)19-25-27-28(2)26-19/h4-6,9-10,12H,7-8,11H2,1-3H3,(H,22,31)(H,24,30)(H2,32,33,34). The van der Waals surface area contributed by atoms with Gasteiger partial charge in [-0.3, -0.25) is 14.1 Å². The highest BCUT2D eigenvalue weighted by Gasteiger charge is 2.30. The van der Waals surface area contributed by atoms with Crippen LogP contribution in [0.1, 0.15) is 23.2 Å². The number of para-hydroxylation sites is 1. The molecule has 3 aromatic rings.